The number of hydrogen-bond donors (Lipinski definition) is 2. The van der Waals surface area contributed by atoms with Crippen molar-refractivity contribution in [3.63, 3.8) is 0 Å². The number of carbonyl (C=O) groups excluding carboxylic acids is 3. The van der Waals surface area contributed by atoms with E-state index in [1.165, 1.54) is 39.2 Å². The van der Waals surface area contributed by atoms with Gasteiger partial charge >= 0.3 is 0 Å². The van der Waals surface area contributed by atoms with Gasteiger partial charge in [-0.2, -0.15) is 5.26 Å². The van der Waals surface area contributed by atoms with Crippen LogP contribution in [0, 0.1) is 11.3 Å². The number of hydrogen-bond acceptors (Lipinski definition) is 6. The first-order valence-electron chi connectivity index (χ1n) is 8.27. The lowest BCUT2D eigenvalue weighted by Crippen LogP contribution is -2.17. The van der Waals surface area contributed by atoms with Crippen LogP contribution in [0.3, 0.4) is 0 Å². The number of methoxy groups -OCH3 is 1. The standard InChI is InChI=1S/C20H19N3O5/c1-12(24)22-15-5-6-16(17(9-15)23-13(2)25)18(26)11-28-19-7-4-14(10-21)8-20(19)27-3/h4-9H,11H2,1-3H3,(H,22,24)(H,23,25). The molecule has 8 heteroatoms. The highest BCUT2D eigenvalue weighted by atomic mass is 16.5. The molecule has 2 aromatic rings. The Bertz CT molecular complexity index is 963. The Morgan fingerprint density at radius 2 is 1.71 bits per heavy atom. The fourth-order valence-electron chi connectivity index (χ4n) is 2.44. The summed E-state index contributed by atoms with van der Waals surface area (Å²) in [7, 11) is 1.43. The van der Waals surface area contributed by atoms with Gasteiger partial charge in [0.25, 0.3) is 0 Å². The molecule has 144 valence electrons. The number of amides is 2. The second-order valence-electron chi connectivity index (χ2n) is 5.81. The van der Waals surface area contributed by atoms with E-state index in [4.69, 9.17) is 14.7 Å². The van der Waals surface area contributed by atoms with E-state index in [2.05, 4.69) is 10.6 Å². The molecule has 2 N–H and O–H groups in total. The molecular weight excluding hydrogens is 362 g/mol. The zero-order valence-corrected chi connectivity index (χ0v) is 15.7. The lowest BCUT2D eigenvalue weighted by molar-refractivity contribution is -0.115. The predicted molar refractivity (Wildman–Crippen MR) is 103 cm³/mol. The molecule has 0 aromatic heterocycles. The van der Waals surface area contributed by atoms with E-state index in [9.17, 15) is 14.4 Å². The fraction of sp³-hybridized carbons (Fsp3) is 0.200. The van der Waals surface area contributed by atoms with Gasteiger partial charge in [0.1, 0.15) is 0 Å². The molecule has 0 aliphatic rings. The highest BCUT2D eigenvalue weighted by Gasteiger charge is 2.16. The minimum Gasteiger partial charge on any atom is -0.493 e. The first-order chi connectivity index (χ1) is 13.3. The number of Topliss-reactive ketones (excluding diaryl/α,β-unsaturated/α-hetero) is 1. The molecule has 0 saturated carbocycles. The average Bonchev–Trinajstić information content (AvgIpc) is 2.65. The summed E-state index contributed by atoms with van der Waals surface area (Å²) in [6, 6.07) is 11.1. The Hall–Kier alpha value is -3.86. The van der Waals surface area contributed by atoms with Gasteiger partial charge in [0.15, 0.2) is 18.1 Å². The SMILES string of the molecule is COc1cc(C#N)ccc1OCC(=O)c1ccc(NC(C)=O)cc1NC(C)=O. The summed E-state index contributed by atoms with van der Waals surface area (Å²) in [6.07, 6.45) is 0. The van der Waals surface area contributed by atoms with Crippen LogP contribution in [0.1, 0.15) is 29.8 Å². The Labute approximate surface area is 162 Å². The Morgan fingerprint density at radius 3 is 2.32 bits per heavy atom. The zero-order valence-electron chi connectivity index (χ0n) is 15.7. The summed E-state index contributed by atoms with van der Waals surface area (Å²) in [5.41, 5.74) is 1.34. The van der Waals surface area contributed by atoms with Gasteiger partial charge in [-0.1, -0.05) is 0 Å². The van der Waals surface area contributed by atoms with E-state index < -0.39 is 0 Å². The summed E-state index contributed by atoms with van der Waals surface area (Å²) in [4.78, 5) is 35.3. The van der Waals surface area contributed by atoms with Gasteiger partial charge < -0.3 is 20.1 Å². The number of nitrogens with zero attached hydrogens (tertiary/aromatic N) is 1. The average molecular weight is 381 g/mol. The van der Waals surface area contributed by atoms with Crippen LogP contribution in [0.25, 0.3) is 0 Å². The van der Waals surface area contributed by atoms with Crippen LogP contribution < -0.4 is 20.1 Å². The Balaban J connectivity index is 2.22. The maximum absolute atomic E-state index is 12.6. The van der Waals surface area contributed by atoms with Gasteiger partial charge in [-0.3, -0.25) is 14.4 Å². The third kappa shape index (κ3) is 5.32. The molecular formula is C20H19N3O5. The van der Waals surface area contributed by atoms with Crippen molar-refractivity contribution in [3.8, 4) is 17.6 Å². The van der Waals surface area contributed by atoms with Crippen LogP contribution in [-0.4, -0.2) is 31.3 Å². The monoisotopic (exact) mass is 381 g/mol. The van der Waals surface area contributed by atoms with E-state index in [0.29, 0.717) is 22.7 Å². The van der Waals surface area contributed by atoms with Crippen molar-refractivity contribution in [3.05, 3.63) is 47.5 Å². The van der Waals surface area contributed by atoms with E-state index in [-0.39, 0.29) is 35.5 Å². The number of nitriles is 1. The van der Waals surface area contributed by atoms with Crippen molar-refractivity contribution in [1.29, 1.82) is 5.26 Å². The molecule has 0 heterocycles. The minimum absolute atomic E-state index is 0.233. The highest BCUT2D eigenvalue weighted by Crippen LogP contribution is 2.28. The first kappa shape index (κ1) is 20.5. The quantitative estimate of drug-likeness (QED) is 0.712. The van der Waals surface area contributed by atoms with Crippen molar-refractivity contribution in [1.82, 2.24) is 0 Å². The molecule has 0 fully saturated rings. The second-order valence-corrected chi connectivity index (χ2v) is 5.81. The van der Waals surface area contributed by atoms with Crippen molar-refractivity contribution >= 4 is 29.0 Å². The summed E-state index contributed by atoms with van der Waals surface area (Å²) >= 11 is 0. The topological polar surface area (TPSA) is 118 Å². The minimum atomic E-state index is -0.385. The normalized spacial score (nSPS) is 9.79. The molecule has 0 atom stereocenters. The van der Waals surface area contributed by atoms with Crippen LogP contribution in [0.15, 0.2) is 36.4 Å². The van der Waals surface area contributed by atoms with Gasteiger partial charge in [-0.05, 0) is 30.3 Å². The van der Waals surface area contributed by atoms with Crippen LogP contribution in [0.5, 0.6) is 11.5 Å². The summed E-state index contributed by atoms with van der Waals surface area (Å²) in [5.74, 6) is -0.377. The highest BCUT2D eigenvalue weighted by molar-refractivity contribution is 6.06. The van der Waals surface area contributed by atoms with Gasteiger partial charge in [0, 0.05) is 31.2 Å². The molecule has 28 heavy (non-hydrogen) atoms. The maximum Gasteiger partial charge on any atom is 0.221 e. The van der Waals surface area contributed by atoms with E-state index in [1.54, 1.807) is 18.2 Å². The van der Waals surface area contributed by atoms with E-state index in [0.717, 1.165) is 0 Å². The van der Waals surface area contributed by atoms with Crippen molar-refractivity contribution in [2.75, 3.05) is 24.4 Å². The Kier molecular flexibility index (Phi) is 6.71. The molecule has 0 saturated heterocycles. The summed E-state index contributed by atoms with van der Waals surface area (Å²) < 4.78 is 10.7. The van der Waals surface area contributed by atoms with Crippen molar-refractivity contribution in [2.24, 2.45) is 0 Å². The van der Waals surface area contributed by atoms with Crippen molar-refractivity contribution in [2.45, 2.75) is 13.8 Å². The third-order valence-corrected chi connectivity index (χ3v) is 3.60. The second kappa shape index (κ2) is 9.19. The third-order valence-electron chi connectivity index (χ3n) is 3.60. The van der Waals surface area contributed by atoms with Gasteiger partial charge in [-0.15, -0.1) is 0 Å². The molecule has 0 unspecified atom stereocenters. The predicted octanol–water partition coefficient (Wildman–Crippen LogP) is 2.75. The molecule has 0 radical (unpaired) electrons. The molecule has 0 bridgehead atoms. The first-order valence-corrected chi connectivity index (χ1v) is 8.27. The number of benzene rings is 2. The van der Waals surface area contributed by atoms with Crippen LogP contribution in [0.4, 0.5) is 11.4 Å². The largest absolute Gasteiger partial charge is 0.493 e. The molecule has 0 aliphatic carbocycles. The van der Waals surface area contributed by atoms with Crippen molar-refractivity contribution < 1.29 is 23.9 Å². The lowest BCUT2D eigenvalue weighted by Gasteiger charge is -2.13. The van der Waals surface area contributed by atoms with E-state index in [1.807, 2.05) is 6.07 Å². The maximum atomic E-state index is 12.6. The molecule has 0 aliphatic heterocycles. The lowest BCUT2D eigenvalue weighted by atomic mass is 10.1. The fourth-order valence-corrected chi connectivity index (χ4v) is 2.44. The number of anilines is 2. The van der Waals surface area contributed by atoms with Gasteiger partial charge in [-0.25, -0.2) is 0 Å². The van der Waals surface area contributed by atoms with Crippen LogP contribution in [-0.2, 0) is 9.59 Å². The zero-order chi connectivity index (χ0) is 20.7. The molecule has 2 aromatic carbocycles. The van der Waals surface area contributed by atoms with E-state index >= 15 is 0 Å². The summed E-state index contributed by atoms with van der Waals surface area (Å²) in [6.45, 7) is 2.36. The molecule has 2 amide bonds. The number of nitrogens with one attached hydrogen (secondary N) is 2. The number of ketones is 1. The number of carbonyl (C=O) groups is 3. The number of rotatable bonds is 7. The number of ether oxygens (including phenoxy) is 2. The molecule has 2 rings (SSSR count). The smallest absolute Gasteiger partial charge is 0.221 e. The van der Waals surface area contributed by atoms with Gasteiger partial charge in [0.05, 0.1) is 24.4 Å². The van der Waals surface area contributed by atoms with Crippen LogP contribution >= 0.6 is 0 Å². The molecule has 0 spiro atoms. The Morgan fingerprint density at radius 1 is 1.00 bits per heavy atom. The van der Waals surface area contributed by atoms with Gasteiger partial charge in [0.2, 0.25) is 17.6 Å². The summed E-state index contributed by atoms with van der Waals surface area (Å²) in [5, 5.41) is 14.1. The van der Waals surface area contributed by atoms with Crippen LogP contribution in [0.2, 0.25) is 0 Å². The molecule has 8 nitrogen and oxygen atoms in total.